The first-order chi connectivity index (χ1) is 6.54. The maximum Gasteiger partial charge on any atom is 0.198 e. The molecule has 1 radical (unpaired) electrons. The van der Waals surface area contributed by atoms with Crippen molar-refractivity contribution in [2.75, 3.05) is 0 Å². The Labute approximate surface area is 92.2 Å². The monoisotopic (exact) mass is 263 g/mol. The topological polar surface area (TPSA) is 47.6 Å². The fourth-order valence-electron chi connectivity index (χ4n) is 0.842. The van der Waals surface area contributed by atoms with Gasteiger partial charge in [-0.1, -0.05) is 0 Å². The molecule has 15 heavy (non-hydrogen) atoms. The van der Waals surface area contributed by atoms with Crippen LogP contribution in [0.4, 0.5) is 17.6 Å². The molecule has 7 heteroatoms. The Balaban J connectivity index is 0.00000196. The van der Waals surface area contributed by atoms with E-state index in [0.29, 0.717) is 0 Å². The summed E-state index contributed by atoms with van der Waals surface area (Å²) < 4.78 is 50.5. The van der Waals surface area contributed by atoms with Crippen LogP contribution in [0.15, 0.2) is 0 Å². The van der Waals surface area contributed by atoms with Gasteiger partial charge < -0.3 is 0 Å². The van der Waals surface area contributed by atoms with Gasteiger partial charge in [0.15, 0.2) is 23.3 Å². The molecule has 0 saturated carbocycles. The molecular formula is C8CuF4N2. The Morgan fingerprint density at radius 2 is 0.933 bits per heavy atom. The number of hydrogen-bond donors (Lipinski definition) is 0. The standard InChI is InChI=1S/C8F4N2.Cu/c9-5-3(1-13)4(2-14)6(10)8(12)7(5)11;. The van der Waals surface area contributed by atoms with E-state index in [1.807, 2.05) is 0 Å². The Morgan fingerprint density at radius 3 is 1.13 bits per heavy atom. The zero-order valence-corrected chi connectivity index (χ0v) is 7.65. The number of halogens is 4. The van der Waals surface area contributed by atoms with Crippen LogP contribution in [0.5, 0.6) is 0 Å². The molecule has 0 aromatic heterocycles. The van der Waals surface area contributed by atoms with Crippen molar-refractivity contribution in [1.82, 2.24) is 0 Å². The molecule has 0 N–H and O–H groups in total. The summed E-state index contributed by atoms with van der Waals surface area (Å²) in [5, 5.41) is 16.5. The van der Waals surface area contributed by atoms with Crippen LogP contribution in [0.2, 0.25) is 0 Å². The molecule has 1 aromatic carbocycles. The summed E-state index contributed by atoms with van der Waals surface area (Å²) >= 11 is 0. The molecule has 81 valence electrons. The molecule has 0 bridgehead atoms. The van der Waals surface area contributed by atoms with Crippen LogP contribution in [0.25, 0.3) is 0 Å². The van der Waals surface area contributed by atoms with E-state index in [-0.39, 0.29) is 17.1 Å². The van der Waals surface area contributed by atoms with Crippen LogP contribution in [0.1, 0.15) is 11.1 Å². The van der Waals surface area contributed by atoms with E-state index >= 15 is 0 Å². The van der Waals surface area contributed by atoms with Gasteiger partial charge in [0.2, 0.25) is 0 Å². The van der Waals surface area contributed by atoms with E-state index in [1.54, 1.807) is 0 Å². The summed E-state index contributed by atoms with van der Waals surface area (Å²) in [5.41, 5.74) is -2.27. The molecule has 0 spiro atoms. The number of nitrogens with zero attached hydrogens (tertiary/aromatic N) is 2. The van der Waals surface area contributed by atoms with Crippen LogP contribution in [-0.4, -0.2) is 0 Å². The van der Waals surface area contributed by atoms with Gasteiger partial charge in [-0.25, -0.2) is 17.6 Å². The Kier molecular flexibility index (Phi) is 4.29. The number of benzene rings is 1. The predicted molar refractivity (Wildman–Crippen MR) is 35.7 cm³/mol. The van der Waals surface area contributed by atoms with E-state index in [1.165, 1.54) is 0 Å². The zero-order chi connectivity index (χ0) is 10.9. The third kappa shape index (κ3) is 1.94. The number of hydrogen-bond acceptors (Lipinski definition) is 2. The second-order valence-electron chi connectivity index (χ2n) is 2.23. The number of nitriles is 2. The molecule has 1 rings (SSSR count). The molecule has 0 fully saturated rings. The van der Waals surface area contributed by atoms with Gasteiger partial charge in [-0.3, -0.25) is 0 Å². The minimum atomic E-state index is -2.10. The van der Waals surface area contributed by atoms with Crippen LogP contribution >= 0.6 is 0 Å². The van der Waals surface area contributed by atoms with Gasteiger partial charge >= 0.3 is 0 Å². The molecule has 2 nitrogen and oxygen atoms in total. The quantitative estimate of drug-likeness (QED) is 0.311. The summed E-state index contributed by atoms with van der Waals surface area (Å²) in [6, 6.07) is 2.16. The Morgan fingerprint density at radius 1 is 0.667 bits per heavy atom. The fraction of sp³-hybridized carbons (Fsp3) is 0. The van der Waals surface area contributed by atoms with Crippen molar-refractivity contribution in [1.29, 1.82) is 10.5 Å². The van der Waals surface area contributed by atoms with Crippen molar-refractivity contribution in [2.45, 2.75) is 0 Å². The van der Waals surface area contributed by atoms with Crippen molar-refractivity contribution in [3.05, 3.63) is 34.4 Å². The predicted octanol–water partition coefficient (Wildman–Crippen LogP) is 1.98. The minimum Gasteiger partial charge on any atom is -0.202 e. The molecule has 0 heterocycles. The molecule has 1 aromatic rings. The average Bonchev–Trinajstić information content (AvgIpc) is 2.20. The second-order valence-corrected chi connectivity index (χ2v) is 2.23. The fourth-order valence-corrected chi connectivity index (χ4v) is 0.842. The normalized spacial score (nSPS) is 8.67. The molecule has 0 atom stereocenters. The van der Waals surface area contributed by atoms with E-state index in [4.69, 9.17) is 10.5 Å². The molecule has 0 amide bonds. The Hall–Kier alpha value is -1.56. The minimum absolute atomic E-state index is 0. The Bertz CT molecular complexity index is 442. The SMILES string of the molecule is N#Cc1c(F)c(F)c(F)c(F)c1C#N.[Cu]. The van der Waals surface area contributed by atoms with Crippen LogP contribution < -0.4 is 0 Å². The summed E-state index contributed by atoms with van der Waals surface area (Å²) in [5.74, 6) is -7.91. The maximum absolute atomic E-state index is 12.7. The van der Waals surface area contributed by atoms with Gasteiger partial charge in [-0.15, -0.1) is 0 Å². The smallest absolute Gasteiger partial charge is 0.198 e. The van der Waals surface area contributed by atoms with Gasteiger partial charge in [-0.05, 0) is 0 Å². The van der Waals surface area contributed by atoms with Gasteiger partial charge in [0.05, 0.1) is 0 Å². The van der Waals surface area contributed by atoms with Gasteiger partial charge in [0, 0.05) is 17.1 Å². The molecule has 0 aliphatic heterocycles. The first-order valence-corrected chi connectivity index (χ1v) is 3.20. The van der Waals surface area contributed by atoms with Crippen molar-refractivity contribution in [3.8, 4) is 12.1 Å². The average molecular weight is 264 g/mol. The van der Waals surface area contributed by atoms with Crippen molar-refractivity contribution in [3.63, 3.8) is 0 Å². The maximum atomic E-state index is 12.7. The van der Waals surface area contributed by atoms with Crippen LogP contribution in [0.3, 0.4) is 0 Å². The van der Waals surface area contributed by atoms with E-state index < -0.39 is 34.4 Å². The summed E-state index contributed by atoms with van der Waals surface area (Å²) in [6.07, 6.45) is 0. The first-order valence-electron chi connectivity index (χ1n) is 3.20. The van der Waals surface area contributed by atoms with Gasteiger partial charge in [-0.2, -0.15) is 10.5 Å². The van der Waals surface area contributed by atoms with E-state index in [2.05, 4.69) is 0 Å². The molecule has 0 saturated heterocycles. The molecular weight excluding hydrogens is 264 g/mol. The van der Waals surface area contributed by atoms with Crippen LogP contribution in [-0.2, 0) is 17.1 Å². The first kappa shape index (κ1) is 13.4. The molecule has 0 aliphatic rings. The van der Waals surface area contributed by atoms with Gasteiger partial charge in [0.25, 0.3) is 0 Å². The second kappa shape index (κ2) is 4.79. The van der Waals surface area contributed by atoms with Gasteiger partial charge in [0.1, 0.15) is 23.3 Å². The third-order valence-corrected chi connectivity index (χ3v) is 1.49. The summed E-state index contributed by atoms with van der Waals surface area (Å²) in [6.45, 7) is 0. The summed E-state index contributed by atoms with van der Waals surface area (Å²) in [7, 11) is 0. The van der Waals surface area contributed by atoms with Crippen molar-refractivity contribution < 1.29 is 34.6 Å². The van der Waals surface area contributed by atoms with Crippen molar-refractivity contribution in [2.24, 2.45) is 0 Å². The van der Waals surface area contributed by atoms with E-state index in [9.17, 15) is 17.6 Å². The molecule has 0 aliphatic carbocycles. The van der Waals surface area contributed by atoms with Crippen molar-refractivity contribution >= 4 is 0 Å². The third-order valence-electron chi connectivity index (χ3n) is 1.49. The summed E-state index contributed by atoms with van der Waals surface area (Å²) in [4.78, 5) is 0. The molecule has 0 unspecified atom stereocenters. The largest absolute Gasteiger partial charge is 0.202 e. The van der Waals surface area contributed by atoms with Crippen LogP contribution in [0, 0.1) is 45.9 Å². The van der Waals surface area contributed by atoms with E-state index in [0.717, 1.165) is 12.1 Å². The zero-order valence-electron chi connectivity index (χ0n) is 6.71. The number of rotatable bonds is 0.